The van der Waals surface area contributed by atoms with E-state index in [0.717, 1.165) is 12.6 Å². The second-order valence-electron chi connectivity index (χ2n) is 4.82. The van der Waals surface area contributed by atoms with Crippen molar-refractivity contribution in [2.24, 2.45) is 0 Å². The monoisotopic (exact) mass is 318 g/mol. The van der Waals surface area contributed by atoms with Crippen molar-refractivity contribution < 1.29 is 18.3 Å². The molecule has 1 fully saturated rings. The van der Waals surface area contributed by atoms with E-state index in [1.807, 2.05) is 11.9 Å². The van der Waals surface area contributed by atoms with E-state index in [-0.39, 0.29) is 21.5 Å². The van der Waals surface area contributed by atoms with E-state index in [1.165, 1.54) is 12.1 Å². The summed E-state index contributed by atoms with van der Waals surface area (Å²) in [6, 6.07) is 3.44. The number of benzene rings is 1. The zero-order valence-electron chi connectivity index (χ0n) is 10.8. The average Bonchev–Trinajstić information content (AvgIpc) is 2.73. The van der Waals surface area contributed by atoms with E-state index >= 15 is 0 Å². The molecule has 2 N–H and O–H groups in total. The zero-order chi connectivity index (χ0) is 14.9. The van der Waals surface area contributed by atoms with Crippen molar-refractivity contribution in [3.8, 4) is 0 Å². The summed E-state index contributed by atoms with van der Waals surface area (Å²) in [7, 11) is -1.92. The standard InChI is InChI=1S/C12H15ClN2O4S/c1-15-5-4-9(7-15)14-20(18,19)11-6-8(12(16)17)2-3-10(11)13/h2-3,6,9,14H,4-5,7H2,1H3,(H,16,17). The summed E-state index contributed by atoms with van der Waals surface area (Å²) in [5, 5.41) is 8.93. The van der Waals surface area contributed by atoms with Crippen LogP contribution >= 0.6 is 11.6 Å². The second kappa shape index (κ2) is 5.69. The van der Waals surface area contributed by atoms with Gasteiger partial charge in [-0.05, 0) is 38.2 Å². The van der Waals surface area contributed by atoms with Crippen LogP contribution in [0, 0.1) is 0 Å². The number of likely N-dealkylation sites (N-methyl/N-ethyl adjacent to an activating group) is 1. The highest BCUT2D eigenvalue weighted by atomic mass is 35.5. The van der Waals surface area contributed by atoms with Gasteiger partial charge in [0, 0.05) is 12.6 Å². The fourth-order valence-electron chi connectivity index (χ4n) is 2.16. The summed E-state index contributed by atoms with van der Waals surface area (Å²) in [5.41, 5.74) is -0.113. The van der Waals surface area contributed by atoms with Crippen molar-refractivity contribution in [2.75, 3.05) is 20.1 Å². The van der Waals surface area contributed by atoms with Crippen LogP contribution < -0.4 is 4.72 Å². The largest absolute Gasteiger partial charge is 0.478 e. The first-order valence-electron chi connectivity index (χ1n) is 6.03. The molecule has 0 saturated carbocycles. The molecule has 1 heterocycles. The van der Waals surface area contributed by atoms with Gasteiger partial charge >= 0.3 is 5.97 Å². The molecule has 1 saturated heterocycles. The van der Waals surface area contributed by atoms with E-state index in [0.29, 0.717) is 13.0 Å². The quantitative estimate of drug-likeness (QED) is 0.865. The number of carboxylic acids is 1. The molecule has 1 aliphatic rings. The highest BCUT2D eigenvalue weighted by molar-refractivity contribution is 7.89. The number of rotatable bonds is 4. The molecular formula is C12H15ClN2O4S. The van der Waals surface area contributed by atoms with Gasteiger partial charge in [-0.25, -0.2) is 17.9 Å². The van der Waals surface area contributed by atoms with Gasteiger partial charge in [-0.3, -0.25) is 0 Å². The number of carbonyl (C=O) groups is 1. The molecule has 20 heavy (non-hydrogen) atoms. The van der Waals surface area contributed by atoms with Crippen molar-refractivity contribution in [2.45, 2.75) is 17.4 Å². The number of sulfonamides is 1. The molecule has 0 aliphatic carbocycles. The summed E-state index contributed by atoms with van der Waals surface area (Å²) >= 11 is 5.88. The lowest BCUT2D eigenvalue weighted by Crippen LogP contribution is -2.36. The Morgan fingerprint density at radius 2 is 2.20 bits per heavy atom. The molecule has 0 radical (unpaired) electrons. The summed E-state index contributed by atoms with van der Waals surface area (Å²) in [6.07, 6.45) is 0.714. The first-order chi connectivity index (χ1) is 9.29. The van der Waals surface area contributed by atoms with Crippen LogP contribution in [0.1, 0.15) is 16.8 Å². The van der Waals surface area contributed by atoms with Crippen LogP contribution in [-0.4, -0.2) is 50.6 Å². The Labute approximate surface area is 122 Å². The number of nitrogens with one attached hydrogen (secondary N) is 1. The fraction of sp³-hybridized carbons (Fsp3) is 0.417. The molecule has 110 valence electrons. The van der Waals surface area contributed by atoms with Gasteiger partial charge in [-0.1, -0.05) is 11.6 Å². The maximum absolute atomic E-state index is 12.3. The number of halogens is 1. The molecule has 1 unspecified atom stereocenters. The third kappa shape index (κ3) is 3.29. The van der Waals surface area contributed by atoms with Gasteiger partial charge in [0.1, 0.15) is 4.90 Å². The lowest BCUT2D eigenvalue weighted by atomic mass is 10.2. The Balaban J connectivity index is 2.29. The van der Waals surface area contributed by atoms with E-state index in [2.05, 4.69) is 4.72 Å². The first kappa shape index (κ1) is 15.2. The molecule has 2 rings (SSSR count). The number of hydrogen-bond acceptors (Lipinski definition) is 4. The minimum atomic E-state index is -3.83. The van der Waals surface area contributed by atoms with Crippen LogP contribution in [0.3, 0.4) is 0 Å². The van der Waals surface area contributed by atoms with Crippen LogP contribution in [0.2, 0.25) is 5.02 Å². The molecule has 0 aromatic heterocycles. The molecule has 0 spiro atoms. The smallest absolute Gasteiger partial charge is 0.335 e. The van der Waals surface area contributed by atoms with Gasteiger partial charge in [0.15, 0.2) is 0 Å². The van der Waals surface area contributed by atoms with E-state index in [4.69, 9.17) is 16.7 Å². The normalized spacial score (nSPS) is 20.2. The van der Waals surface area contributed by atoms with Crippen molar-refractivity contribution in [3.63, 3.8) is 0 Å². The summed E-state index contributed by atoms with van der Waals surface area (Å²) in [6.45, 7) is 1.44. The summed E-state index contributed by atoms with van der Waals surface area (Å²) in [5.74, 6) is -1.20. The van der Waals surface area contributed by atoms with Crippen molar-refractivity contribution in [1.29, 1.82) is 0 Å². The van der Waals surface area contributed by atoms with Crippen LogP contribution in [-0.2, 0) is 10.0 Å². The minimum absolute atomic E-state index is 0.00820. The van der Waals surface area contributed by atoms with Crippen LogP contribution in [0.4, 0.5) is 0 Å². The van der Waals surface area contributed by atoms with Gasteiger partial charge in [0.2, 0.25) is 10.0 Å². The lowest BCUT2D eigenvalue weighted by molar-refractivity contribution is 0.0696. The highest BCUT2D eigenvalue weighted by Crippen LogP contribution is 2.23. The highest BCUT2D eigenvalue weighted by Gasteiger charge is 2.27. The third-order valence-corrected chi connectivity index (χ3v) is 5.18. The summed E-state index contributed by atoms with van der Waals surface area (Å²) in [4.78, 5) is 12.7. The molecule has 1 aliphatic heterocycles. The molecular weight excluding hydrogens is 304 g/mol. The number of aromatic carboxylic acids is 1. The Hall–Kier alpha value is -1.15. The second-order valence-corrected chi connectivity index (χ2v) is 6.91. The minimum Gasteiger partial charge on any atom is -0.478 e. The molecule has 1 aromatic carbocycles. The lowest BCUT2D eigenvalue weighted by Gasteiger charge is -2.14. The molecule has 0 amide bonds. The number of hydrogen-bond donors (Lipinski definition) is 2. The van der Waals surface area contributed by atoms with Gasteiger partial charge in [-0.15, -0.1) is 0 Å². The molecule has 8 heteroatoms. The van der Waals surface area contributed by atoms with E-state index in [1.54, 1.807) is 0 Å². The van der Waals surface area contributed by atoms with Gasteiger partial charge in [0.05, 0.1) is 10.6 Å². The first-order valence-corrected chi connectivity index (χ1v) is 7.89. The fourth-order valence-corrected chi connectivity index (χ4v) is 3.94. The molecule has 1 aromatic rings. The Bertz CT molecular complexity index is 632. The van der Waals surface area contributed by atoms with E-state index in [9.17, 15) is 13.2 Å². The van der Waals surface area contributed by atoms with Gasteiger partial charge < -0.3 is 10.0 Å². The predicted molar refractivity (Wildman–Crippen MR) is 74.6 cm³/mol. The molecule has 1 atom stereocenters. The van der Waals surface area contributed by atoms with Gasteiger partial charge in [-0.2, -0.15) is 0 Å². The number of likely N-dealkylation sites (tertiary alicyclic amines) is 1. The average molecular weight is 319 g/mol. The van der Waals surface area contributed by atoms with Crippen molar-refractivity contribution >= 4 is 27.6 Å². The SMILES string of the molecule is CN1CCC(NS(=O)(=O)c2cc(C(=O)O)ccc2Cl)C1. The maximum Gasteiger partial charge on any atom is 0.335 e. The number of carboxylic acid groups (broad SMARTS) is 1. The van der Waals surface area contributed by atoms with Crippen molar-refractivity contribution in [3.05, 3.63) is 28.8 Å². The van der Waals surface area contributed by atoms with E-state index < -0.39 is 16.0 Å². The van der Waals surface area contributed by atoms with Crippen molar-refractivity contribution in [1.82, 2.24) is 9.62 Å². The maximum atomic E-state index is 12.3. The van der Waals surface area contributed by atoms with Gasteiger partial charge in [0.25, 0.3) is 0 Å². The van der Waals surface area contributed by atoms with Crippen LogP contribution in [0.25, 0.3) is 0 Å². The topological polar surface area (TPSA) is 86.7 Å². The third-order valence-electron chi connectivity index (χ3n) is 3.18. The molecule has 0 bridgehead atoms. The number of nitrogens with zero attached hydrogens (tertiary/aromatic N) is 1. The Morgan fingerprint density at radius 1 is 1.50 bits per heavy atom. The summed E-state index contributed by atoms with van der Waals surface area (Å²) < 4.78 is 27.1. The molecule has 6 nitrogen and oxygen atoms in total. The Kier molecular flexibility index (Phi) is 4.33. The zero-order valence-corrected chi connectivity index (χ0v) is 12.4. The Morgan fingerprint density at radius 3 is 2.75 bits per heavy atom. The van der Waals surface area contributed by atoms with Crippen LogP contribution in [0.5, 0.6) is 0 Å². The van der Waals surface area contributed by atoms with Crippen LogP contribution in [0.15, 0.2) is 23.1 Å². The predicted octanol–water partition coefficient (Wildman–Crippen LogP) is 1.02.